The molecule has 0 spiro atoms. The Labute approximate surface area is 114 Å². The van der Waals surface area contributed by atoms with E-state index in [4.69, 9.17) is 4.74 Å². The van der Waals surface area contributed by atoms with Gasteiger partial charge in [0.2, 0.25) is 0 Å². The van der Waals surface area contributed by atoms with Crippen molar-refractivity contribution in [3.8, 4) is 0 Å². The number of nitrogens with one attached hydrogen (secondary N) is 1. The zero-order chi connectivity index (χ0) is 13.1. The largest absolute Gasteiger partial charge is 0.377 e. The maximum absolute atomic E-state index is 5.85. The fraction of sp³-hybridized carbons (Fsp3) is 1.00. The van der Waals surface area contributed by atoms with Crippen LogP contribution in [-0.2, 0) is 4.74 Å². The molecule has 1 rings (SSSR count). The summed E-state index contributed by atoms with van der Waals surface area (Å²) < 4.78 is 5.85. The Hall–Kier alpha value is -0.0800. The van der Waals surface area contributed by atoms with E-state index in [1.807, 2.05) is 0 Å². The number of hydrogen-bond donors (Lipinski definition) is 1. The summed E-state index contributed by atoms with van der Waals surface area (Å²) >= 11 is 0. The van der Waals surface area contributed by atoms with Gasteiger partial charge >= 0.3 is 0 Å². The zero-order valence-electron chi connectivity index (χ0n) is 12.5. The van der Waals surface area contributed by atoms with Crippen molar-refractivity contribution in [2.24, 2.45) is 0 Å². The van der Waals surface area contributed by atoms with Crippen LogP contribution in [0.1, 0.15) is 78.1 Å². The molecular formula is C16H33NO. The molecule has 1 aliphatic rings. The Kier molecular flexibility index (Phi) is 9.59. The second-order valence-corrected chi connectivity index (χ2v) is 5.84. The molecule has 0 aromatic carbocycles. The van der Waals surface area contributed by atoms with Crippen LogP contribution < -0.4 is 5.32 Å². The lowest BCUT2D eigenvalue weighted by Crippen LogP contribution is -2.30. The van der Waals surface area contributed by atoms with Crippen molar-refractivity contribution in [3.05, 3.63) is 0 Å². The van der Waals surface area contributed by atoms with Gasteiger partial charge in [0, 0.05) is 12.6 Å². The lowest BCUT2D eigenvalue weighted by atomic mass is 10.1. The Morgan fingerprint density at radius 3 is 2.56 bits per heavy atom. The van der Waals surface area contributed by atoms with Gasteiger partial charge in [-0.1, -0.05) is 51.9 Å². The van der Waals surface area contributed by atoms with E-state index in [0.717, 1.165) is 13.2 Å². The summed E-state index contributed by atoms with van der Waals surface area (Å²) in [6.07, 6.45) is 14.1. The van der Waals surface area contributed by atoms with Gasteiger partial charge in [0.05, 0.1) is 12.7 Å². The molecule has 0 aromatic rings. The van der Waals surface area contributed by atoms with Crippen molar-refractivity contribution in [1.82, 2.24) is 5.32 Å². The first-order chi connectivity index (χ1) is 8.83. The summed E-state index contributed by atoms with van der Waals surface area (Å²) in [5.41, 5.74) is 0. The van der Waals surface area contributed by atoms with Crippen molar-refractivity contribution in [2.45, 2.75) is 90.2 Å². The third-order valence-corrected chi connectivity index (χ3v) is 3.99. The minimum atomic E-state index is 0.566. The van der Waals surface area contributed by atoms with Gasteiger partial charge in [-0.3, -0.25) is 0 Å². The van der Waals surface area contributed by atoms with Crippen molar-refractivity contribution in [3.63, 3.8) is 0 Å². The van der Waals surface area contributed by atoms with Gasteiger partial charge in [0.15, 0.2) is 0 Å². The van der Waals surface area contributed by atoms with Gasteiger partial charge in [-0.2, -0.15) is 0 Å². The molecule has 18 heavy (non-hydrogen) atoms. The Bertz CT molecular complexity index is 178. The van der Waals surface area contributed by atoms with Crippen molar-refractivity contribution >= 4 is 0 Å². The maximum Gasteiger partial charge on any atom is 0.0594 e. The Morgan fingerprint density at radius 2 is 1.83 bits per heavy atom. The molecule has 1 unspecified atom stereocenters. The highest BCUT2D eigenvalue weighted by Crippen LogP contribution is 2.20. The van der Waals surface area contributed by atoms with Gasteiger partial charge in [-0.05, 0) is 26.2 Å². The van der Waals surface area contributed by atoms with Crippen molar-refractivity contribution < 1.29 is 4.74 Å². The number of unbranched alkanes of at least 4 members (excludes halogenated alkanes) is 4. The summed E-state index contributed by atoms with van der Waals surface area (Å²) in [7, 11) is 0. The van der Waals surface area contributed by atoms with Crippen LogP contribution in [-0.4, -0.2) is 25.3 Å². The van der Waals surface area contributed by atoms with Crippen molar-refractivity contribution in [2.75, 3.05) is 13.2 Å². The predicted molar refractivity (Wildman–Crippen MR) is 79.0 cm³/mol. The smallest absolute Gasteiger partial charge is 0.0594 e. The van der Waals surface area contributed by atoms with Crippen LogP contribution in [0.5, 0.6) is 0 Å². The van der Waals surface area contributed by atoms with E-state index in [9.17, 15) is 0 Å². The molecule has 0 saturated heterocycles. The molecule has 1 aliphatic carbocycles. The molecule has 1 N–H and O–H groups in total. The number of hydrogen-bond acceptors (Lipinski definition) is 2. The summed E-state index contributed by atoms with van der Waals surface area (Å²) in [5.74, 6) is 0. The molecule has 1 saturated carbocycles. The molecule has 0 radical (unpaired) electrons. The molecule has 2 heteroatoms. The molecule has 1 fully saturated rings. The second-order valence-electron chi connectivity index (χ2n) is 5.84. The first kappa shape index (κ1) is 16.0. The topological polar surface area (TPSA) is 21.3 Å². The second kappa shape index (κ2) is 10.8. The van der Waals surface area contributed by atoms with Crippen LogP contribution in [0.25, 0.3) is 0 Å². The minimum absolute atomic E-state index is 0.566. The Morgan fingerprint density at radius 1 is 1.11 bits per heavy atom. The van der Waals surface area contributed by atoms with E-state index in [-0.39, 0.29) is 0 Å². The summed E-state index contributed by atoms with van der Waals surface area (Å²) in [6.45, 7) is 6.49. The van der Waals surface area contributed by atoms with Crippen LogP contribution in [0.4, 0.5) is 0 Å². The van der Waals surface area contributed by atoms with Crippen LogP contribution in [0.2, 0.25) is 0 Å². The average Bonchev–Trinajstić information content (AvgIpc) is 2.87. The third-order valence-electron chi connectivity index (χ3n) is 3.99. The highest BCUT2D eigenvalue weighted by Gasteiger charge is 2.14. The van der Waals surface area contributed by atoms with Gasteiger partial charge in [0.1, 0.15) is 0 Å². The van der Waals surface area contributed by atoms with Crippen molar-refractivity contribution in [1.29, 1.82) is 0 Å². The van der Waals surface area contributed by atoms with Gasteiger partial charge in [-0.25, -0.2) is 0 Å². The molecule has 0 aromatic heterocycles. The van der Waals surface area contributed by atoms with E-state index in [1.165, 1.54) is 64.2 Å². The van der Waals surface area contributed by atoms with Gasteiger partial charge in [0.25, 0.3) is 0 Å². The standard InChI is InChI=1S/C16H33NO/c1-3-4-5-6-7-10-15(2)17-13-14-18-16-11-8-9-12-16/h15-17H,3-14H2,1-2H3. The van der Waals surface area contributed by atoms with Crippen LogP contribution in [0, 0.1) is 0 Å². The first-order valence-corrected chi connectivity index (χ1v) is 8.18. The fourth-order valence-corrected chi connectivity index (χ4v) is 2.74. The minimum Gasteiger partial charge on any atom is -0.377 e. The molecule has 1 atom stereocenters. The van der Waals surface area contributed by atoms with E-state index in [2.05, 4.69) is 19.2 Å². The molecule has 2 nitrogen and oxygen atoms in total. The maximum atomic E-state index is 5.85. The van der Waals surface area contributed by atoms with E-state index >= 15 is 0 Å². The van der Waals surface area contributed by atoms with Crippen LogP contribution >= 0.6 is 0 Å². The summed E-state index contributed by atoms with van der Waals surface area (Å²) in [4.78, 5) is 0. The van der Waals surface area contributed by atoms with Gasteiger partial charge < -0.3 is 10.1 Å². The molecule has 0 aliphatic heterocycles. The highest BCUT2D eigenvalue weighted by molar-refractivity contribution is 4.67. The fourth-order valence-electron chi connectivity index (χ4n) is 2.74. The quantitative estimate of drug-likeness (QED) is 0.556. The monoisotopic (exact) mass is 255 g/mol. The normalized spacial score (nSPS) is 18.3. The summed E-state index contributed by atoms with van der Waals surface area (Å²) in [6, 6.07) is 0.652. The molecule has 0 heterocycles. The lowest BCUT2D eigenvalue weighted by Gasteiger charge is -2.15. The summed E-state index contributed by atoms with van der Waals surface area (Å²) in [5, 5.41) is 3.57. The molecule has 0 bridgehead atoms. The Balaban J connectivity index is 1.82. The SMILES string of the molecule is CCCCCCCC(C)NCCOC1CCCC1. The zero-order valence-corrected chi connectivity index (χ0v) is 12.5. The van der Waals surface area contributed by atoms with Crippen LogP contribution in [0.3, 0.4) is 0 Å². The first-order valence-electron chi connectivity index (χ1n) is 8.18. The molecular weight excluding hydrogens is 222 g/mol. The predicted octanol–water partition coefficient (Wildman–Crippen LogP) is 4.28. The van der Waals surface area contributed by atoms with E-state index < -0.39 is 0 Å². The highest BCUT2D eigenvalue weighted by atomic mass is 16.5. The molecule has 0 amide bonds. The van der Waals surface area contributed by atoms with Crippen LogP contribution in [0.15, 0.2) is 0 Å². The average molecular weight is 255 g/mol. The number of ether oxygens (including phenoxy) is 1. The lowest BCUT2D eigenvalue weighted by molar-refractivity contribution is 0.0592. The van der Waals surface area contributed by atoms with E-state index in [0.29, 0.717) is 12.1 Å². The van der Waals surface area contributed by atoms with Gasteiger partial charge in [-0.15, -0.1) is 0 Å². The van der Waals surface area contributed by atoms with E-state index in [1.54, 1.807) is 0 Å². The third kappa shape index (κ3) is 8.10. The number of rotatable bonds is 11. The molecule has 108 valence electrons.